The first-order valence-electron chi connectivity index (χ1n) is 3.61. The zero-order valence-corrected chi connectivity index (χ0v) is 7.78. The van der Waals surface area contributed by atoms with Crippen molar-refractivity contribution in [1.29, 1.82) is 0 Å². The van der Waals surface area contributed by atoms with Gasteiger partial charge in [-0.05, 0) is 6.26 Å². The molecule has 0 aromatic heterocycles. The van der Waals surface area contributed by atoms with Crippen LogP contribution >= 0.6 is 11.8 Å². The molecule has 0 unspecified atom stereocenters. The Morgan fingerprint density at radius 2 is 1.85 bits per heavy atom. The normalized spacial score (nSPS) is 11.3. The minimum absolute atomic E-state index is 0.255. The topological polar surface area (TPSA) is 17.1 Å². The fourth-order valence-corrected chi connectivity index (χ4v) is 1.27. The molecule has 1 aromatic carbocycles. The van der Waals surface area contributed by atoms with Crippen LogP contribution in [-0.2, 0) is 10.7 Å². The van der Waals surface area contributed by atoms with Crippen molar-refractivity contribution in [2.75, 3.05) is 6.26 Å². The maximum Gasteiger partial charge on any atom is 0.340 e. The summed E-state index contributed by atoms with van der Waals surface area (Å²) in [6.07, 6.45) is 1.35. The Balaban J connectivity index is 3.00. The highest BCUT2D eigenvalue weighted by Gasteiger charge is 2.39. The number of carbonyl (C=O) groups excluding carboxylic acids is 1. The molecular formula is C9H8F2OS. The SMILES string of the molecule is CSC(=O)C(F)(F)c1ccccc1. The molecule has 4 heteroatoms. The average molecular weight is 202 g/mol. The lowest BCUT2D eigenvalue weighted by Gasteiger charge is -2.12. The van der Waals surface area contributed by atoms with Crippen LogP contribution in [0.5, 0.6) is 0 Å². The molecular weight excluding hydrogens is 194 g/mol. The van der Waals surface area contributed by atoms with E-state index in [1.165, 1.54) is 30.5 Å². The second-order valence-electron chi connectivity index (χ2n) is 2.43. The van der Waals surface area contributed by atoms with E-state index in [0.717, 1.165) is 0 Å². The molecule has 0 aliphatic rings. The highest BCUT2D eigenvalue weighted by Crippen LogP contribution is 2.31. The Hall–Kier alpha value is -0.900. The number of carbonyl (C=O) groups is 1. The maximum absolute atomic E-state index is 13.2. The molecule has 1 nitrogen and oxygen atoms in total. The molecule has 1 rings (SSSR count). The van der Waals surface area contributed by atoms with Crippen LogP contribution in [0.15, 0.2) is 30.3 Å². The van der Waals surface area contributed by atoms with Crippen LogP contribution < -0.4 is 0 Å². The molecule has 0 saturated carbocycles. The van der Waals surface area contributed by atoms with Gasteiger partial charge in [-0.3, -0.25) is 4.79 Å². The molecule has 0 amide bonds. The number of hydrogen-bond donors (Lipinski definition) is 0. The molecule has 0 aliphatic heterocycles. The predicted octanol–water partition coefficient (Wildman–Crippen LogP) is 2.67. The third kappa shape index (κ3) is 2.06. The van der Waals surface area contributed by atoms with Crippen LogP contribution in [0.25, 0.3) is 0 Å². The molecule has 1 aromatic rings. The second kappa shape index (κ2) is 3.87. The lowest BCUT2D eigenvalue weighted by atomic mass is 10.1. The van der Waals surface area contributed by atoms with Gasteiger partial charge in [0.2, 0.25) is 0 Å². The molecule has 0 N–H and O–H groups in total. The van der Waals surface area contributed by atoms with Crippen LogP contribution in [0.2, 0.25) is 0 Å². The lowest BCUT2D eigenvalue weighted by molar-refractivity contribution is -0.134. The summed E-state index contributed by atoms with van der Waals surface area (Å²) >= 11 is 0.538. The van der Waals surface area contributed by atoms with E-state index in [4.69, 9.17) is 0 Å². The fraction of sp³-hybridized carbons (Fsp3) is 0.222. The summed E-state index contributed by atoms with van der Waals surface area (Å²) in [5.74, 6) is -3.37. The van der Waals surface area contributed by atoms with E-state index in [-0.39, 0.29) is 5.56 Å². The van der Waals surface area contributed by atoms with E-state index in [1.54, 1.807) is 6.07 Å². The van der Waals surface area contributed by atoms with Crippen LogP contribution in [0, 0.1) is 0 Å². The number of rotatable bonds is 2. The first-order chi connectivity index (χ1) is 6.09. The fourth-order valence-electron chi connectivity index (χ4n) is 0.894. The Labute approximate surface area is 79.1 Å². The number of benzene rings is 1. The van der Waals surface area contributed by atoms with Crippen molar-refractivity contribution >= 4 is 16.9 Å². The van der Waals surface area contributed by atoms with Crippen molar-refractivity contribution in [3.63, 3.8) is 0 Å². The van der Waals surface area contributed by atoms with Gasteiger partial charge in [-0.1, -0.05) is 42.1 Å². The van der Waals surface area contributed by atoms with Gasteiger partial charge < -0.3 is 0 Å². The Morgan fingerprint density at radius 1 is 1.31 bits per heavy atom. The van der Waals surface area contributed by atoms with Crippen LogP contribution in [0.3, 0.4) is 0 Å². The Morgan fingerprint density at radius 3 is 2.31 bits per heavy atom. The zero-order chi connectivity index (χ0) is 9.90. The molecule has 0 saturated heterocycles. The van der Waals surface area contributed by atoms with Crippen molar-refractivity contribution in [1.82, 2.24) is 0 Å². The summed E-state index contributed by atoms with van der Waals surface area (Å²) in [4.78, 5) is 10.8. The average Bonchev–Trinajstić information content (AvgIpc) is 2.18. The van der Waals surface area contributed by atoms with Gasteiger partial charge in [0.25, 0.3) is 5.12 Å². The molecule has 0 aliphatic carbocycles. The van der Waals surface area contributed by atoms with E-state index >= 15 is 0 Å². The van der Waals surface area contributed by atoms with Gasteiger partial charge in [-0.25, -0.2) is 0 Å². The second-order valence-corrected chi connectivity index (χ2v) is 3.21. The number of thioether (sulfide) groups is 1. The largest absolute Gasteiger partial charge is 0.340 e. The maximum atomic E-state index is 13.2. The summed E-state index contributed by atoms with van der Waals surface area (Å²) in [6, 6.07) is 7.08. The third-order valence-corrected chi connectivity index (χ3v) is 2.21. The van der Waals surface area contributed by atoms with Crippen LogP contribution in [0.1, 0.15) is 5.56 Å². The third-order valence-electron chi connectivity index (χ3n) is 1.58. The minimum atomic E-state index is -3.37. The van der Waals surface area contributed by atoms with Gasteiger partial charge in [0.15, 0.2) is 0 Å². The Kier molecular flexibility index (Phi) is 3.03. The van der Waals surface area contributed by atoms with Gasteiger partial charge in [0.05, 0.1) is 0 Å². The van der Waals surface area contributed by atoms with Gasteiger partial charge in [0, 0.05) is 5.56 Å². The summed E-state index contributed by atoms with van der Waals surface area (Å²) in [7, 11) is 0. The summed E-state index contributed by atoms with van der Waals surface area (Å²) in [5.41, 5.74) is -0.255. The van der Waals surface area contributed by atoms with Crippen molar-refractivity contribution in [2.24, 2.45) is 0 Å². The number of hydrogen-bond acceptors (Lipinski definition) is 2. The lowest BCUT2D eigenvalue weighted by Crippen LogP contribution is -2.22. The molecule has 0 radical (unpaired) electrons. The van der Waals surface area contributed by atoms with E-state index in [2.05, 4.69) is 0 Å². The molecule has 0 atom stereocenters. The van der Waals surface area contributed by atoms with Gasteiger partial charge in [0.1, 0.15) is 0 Å². The van der Waals surface area contributed by atoms with E-state index in [0.29, 0.717) is 11.8 Å². The predicted molar refractivity (Wildman–Crippen MR) is 48.9 cm³/mol. The smallest absolute Gasteiger partial charge is 0.280 e. The molecule has 0 spiro atoms. The summed E-state index contributed by atoms with van der Waals surface area (Å²) < 4.78 is 26.4. The van der Waals surface area contributed by atoms with E-state index in [9.17, 15) is 13.6 Å². The molecule has 0 bridgehead atoms. The zero-order valence-electron chi connectivity index (χ0n) is 6.96. The number of alkyl halides is 2. The minimum Gasteiger partial charge on any atom is -0.280 e. The first-order valence-corrected chi connectivity index (χ1v) is 4.83. The summed E-state index contributed by atoms with van der Waals surface area (Å²) in [6.45, 7) is 0. The number of halogens is 2. The first kappa shape index (κ1) is 10.2. The van der Waals surface area contributed by atoms with Crippen molar-refractivity contribution in [3.05, 3.63) is 35.9 Å². The Bertz CT molecular complexity index is 298. The molecule has 70 valence electrons. The van der Waals surface area contributed by atoms with E-state index < -0.39 is 11.0 Å². The van der Waals surface area contributed by atoms with Crippen molar-refractivity contribution in [2.45, 2.75) is 5.92 Å². The van der Waals surface area contributed by atoms with Gasteiger partial charge >= 0.3 is 5.92 Å². The van der Waals surface area contributed by atoms with E-state index in [1.807, 2.05) is 0 Å². The van der Waals surface area contributed by atoms with Crippen molar-refractivity contribution < 1.29 is 13.6 Å². The molecule has 0 fully saturated rings. The van der Waals surface area contributed by atoms with Crippen LogP contribution in [0.4, 0.5) is 8.78 Å². The quantitative estimate of drug-likeness (QED) is 0.733. The summed E-state index contributed by atoms with van der Waals surface area (Å²) in [5, 5.41) is -1.13. The molecule has 0 heterocycles. The monoisotopic (exact) mass is 202 g/mol. The standard InChI is InChI=1S/C9H8F2OS/c1-13-8(12)9(10,11)7-5-3-2-4-6-7/h2-6H,1H3. The molecule has 13 heavy (non-hydrogen) atoms. The van der Waals surface area contributed by atoms with Gasteiger partial charge in [-0.2, -0.15) is 8.78 Å². The van der Waals surface area contributed by atoms with Gasteiger partial charge in [-0.15, -0.1) is 0 Å². The van der Waals surface area contributed by atoms with Crippen molar-refractivity contribution in [3.8, 4) is 0 Å². The highest BCUT2D eigenvalue weighted by atomic mass is 32.2. The highest BCUT2D eigenvalue weighted by molar-refractivity contribution is 8.13. The van der Waals surface area contributed by atoms with Crippen LogP contribution in [-0.4, -0.2) is 11.4 Å².